The Hall–Kier alpha value is -3.44. The fourth-order valence-electron chi connectivity index (χ4n) is 5.25. The summed E-state index contributed by atoms with van der Waals surface area (Å²) in [5, 5.41) is 14.8. The molecule has 0 radical (unpaired) electrons. The minimum atomic E-state index is -0.383. The van der Waals surface area contributed by atoms with Crippen LogP contribution < -0.4 is 21.5 Å². The predicted molar refractivity (Wildman–Crippen MR) is 148 cm³/mol. The summed E-state index contributed by atoms with van der Waals surface area (Å²) in [5.41, 5.74) is 0.261. The van der Waals surface area contributed by atoms with E-state index >= 15 is 0 Å². The first-order chi connectivity index (χ1) is 18.2. The highest BCUT2D eigenvalue weighted by atomic mass is 16.5. The van der Waals surface area contributed by atoms with Crippen molar-refractivity contribution in [2.75, 3.05) is 26.6 Å². The molecule has 0 aromatic carbocycles. The molecule has 1 amide bonds. The zero-order chi connectivity index (χ0) is 27.4. The number of ether oxygens (including phenoxy) is 2. The van der Waals surface area contributed by atoms with E-state index in [4.69, 9.17) is 9.47 Å². The van der Waals surface area contributed by atoms with Crippen LogP contribution >= 0.6 is 0 Å². The zero-order valence-electron chi connectivity index (χ0n) is 22.9. The van der Waals surface area contributed by atoms with Crippen molar-refractivity contribution in [3.8, 4) is 0 Å². The quantitative estimate of drug-likeness (QED) is 0.352. The van der Waals surface area contributed by atoms with Gasteiger partial charge in [-0.2, -0.15) is 10.1 Å². The Morgan fingerprint density at radius 1 is 1.24 bits per heavy atom. The lowest BCUT2D eigenvalue weighted by Crippen LogP contribution is -2.59. The van der Waals surface area contributed by atoms with E-state index in [9.17, 15) is 9.59 Å². The number of amidine groups is 1. The number of hydrogen-bond donors (Lipinski definition) is 3. The first kappa shape index (κ1) is 27.6. The number of hydrazone groups is 1. The van der Waals surface area contributed by atoms with Crippen LogP contribution in [0.25, 0.3) is 0 Å². The van der Waals surface area contributed by atoms with Gasteiger partial charge in [0, 0.05) is 46.3 Å². The van der Waals surface area contributed by atoms with Crippen molar-refractivity contribution in [3.05, 3.63) is 52.0 Å². The maximum absolute atomic E-state index is 13.4. The molecule has 0 bridgehead atoms. The molecule has 1 aliphatic heterocycles. The summed E-state index contributed by atoms with van der Waals surface area (Å²) in [4.78, 5) is 31.2. The van der Waals surface area contributed by atoms with Gasteiger partial charge in [-0.3, -0.25) is 9.59 Å². The second-order valence-corrected chi connectivity index (χ2v) is 10.2. The smallest absolute Gasteiger partial charge is 0.274 e. The minimum absolute atomic E-state index is 0.0908. The number of rotatable bonds is 8. The Kier molecular flexibility index (Phi) is 8.37. The van der Waals surface area contributed by atoms with Gasteiger partial charge >= 0.3 is 0 Å². The number of nitrogens with one attached hydrogen (secondary N) is 3. The van der Waals surface area contributed by atoms with Crippen molar-refractivity contribution in [2.45, 2.75) is 76.2 Å². The van der Waals surface area contributed by atoms with E-state index in [0.717, 1.165) is 38.5 Å². The molecule has 1 aromatic heterocycles. The molecule has 206 valence electrons. The Bertz CT molecular complexity index is 1210. The van der Waals surface area contributed by atoms with E-state index in [1.54, 1.807) is 44.9 Å². The van der Waals surface area contributed by atoms with Gasteiger partial charge in [-0.05, 0) is 64.5 Å². The molecule has 11 nitrogen and oxygen atoms in total. The standard InChI is InChI=1S/C27H39N7O4/c1-17(25(35)31-21-13-14-27(21,2)38-6)24-32-22(16-23(28-3)34(24)29-4)30-20-8-7-15-33(26(20)36)18-9-11-19(37-5)12-10-18/h7-8,15-16,18-19,21,28H,4,9-14H2,1-3,5-6H3,(H,30,32)(H,31,35)/b24-17+/t18-,19-,21-,27-/m0/s1. The third-order valence-corrected chi connectivity index (χ3v) is 8.05. The lowest BCUT2D eigenvalue weighted by atomic mass is 9.76. The zero-order valence-corrected chi connectivity index (χ0v) is 22.9. The Balaban J connectivity index is 1.60. The topological polar surface area (TPSA) is 122 Å². The molecule has 3 aliphatic rings. The minimum Gasteiger partial charge on any atom is -0.381 e. The largest absolute Gasteiger partial charge is 0.381 e. The number of carbonyl (C=O) groups is 1. The number of anilines is 1. The summed E-state index contributed by atoms with van der Waals surface area (Å²) in [6.45, 7) is 7.33. The highest BCUT2D eigenvalue weighted by Gasteiger charge is 2.44. The molecule has 0 saturated heterocycles. The second-order valence-electron chi connectivity index (χ2n) is 10.2. The van der Waals surface area contributed by atoms with Gasteiger partial charge in [0.1, 0.15) is 17.3 Å². The van der Waals surface area contributed by atoms with E-state index in [2.05, 4.69) is 32.8 Å². The maximum atomic E-state index is 13.4. The van der Waals surface area contributed by atoms with Crippen molar-refractivity contribution < 1.29 is 14.3 Å². The van der Waals surface area contributed by atoms with Crippen LogP contribution in [-0.4, -0.2) is 67.1 Å². The van der Waals surface area contributed by atoms with Gasteiger partial charge in [-0.1, -0.05) is 0 Å². The van der Waals surface area contributed by atoms with Crippen LogP contribution in [0.2, 0.25) is 0 Å². The van der Waals surface area contributed by atoms with Crippen LogP contribution in [-0.2, 0) is 14.3 Å². The summed E-state index contributed by atoms with van der Waals surface area (Å²) in [5.74, 6) is 0.995. The van der Waals surface area contributed by atoms with Gasteiger partial charge in [0.15, 0.2) is 5.82 Å². The summed E-state index contributed by atoms with van der Waals surface area (Å²) in [6.07, 6.45) is 9.15. The first-order valence-corrected chi connectivity index (χ1v) is 13.1. The van der Waals surface area contributed by atoms with E-state index < -0.39 is 0 Å². The molecule has 4 rings (SSSR count). The Labute approximate surface area is 223 Å². The summed E-state index contributed by atoms with van der Waals surface area (Å²) in [6, 6.07) is 3.63. The van der Waals surface area contributed by atoms with Crippen molar-refractivity contribution >= 4 is 24.1 Å². The van der Waals surface area contributed by atoms with Crippen LogP contribution in [0.15, 0.2) is 56.5 Å². The lowest BCUT2D eigenvalue weighted by molar-refractivity contribution is -0.127. The normalized spacial score (nSPS) is 28.4. The average Bonchev–Trinajstić information content (AvgIpc) is 2.94. The summed E-state index contributed by atoms with van der Waals surface area (Å²) in [7, 11) is 5.13. The highest BCUT2D eigenvalue weighted by Crippen LogP contribution is 2.35. The number of carbonyl (C=O) groups excluding carboxylic acids is 1. The van der Waals surface area contributed by atoms with E-state index in [-0.39, 0.29) is 35.3 Å². The van der Waals surface area contributed by atoms with Crippen molar-refractivity contribution in [1.82, 2.24) is 20.2 Å². The third-order valence-electron chi connectivity index (χ3n) is 8.05. The second kappa shape index (κ2) is 11.5. The molecule has 11 heteroatoms. The lowest BCUT2D eigenvalue weighted by Gasteiger charge is -2.46. The molecule has 2 aliphatic carbocycles. The SMILES string of the molecule is C=NN1C(NC)=CC(Nc2cccn([C@H]3CC[C@H](OC)CC3)c2=O)=N/C1=C(/C)C(=O)N[C@H]1CC[C@]1(C)OC. The predicted octanol–water partition coefficient (Wildman–Crippen LogP) is 2.70. The molecule has 2 fully saturated rings. The fraction of sp³-hybridized carbons (Fsp3) is 0.556. The molecule has 1 aromatic rings. The molecule has 38 heavy (non-hydrogen) atoms. The fourth-order valence-corrected chi connectivity index (χ4v) is 5.25. The van der Waals surface area contributed by atoms with Gasteiger partial charge in [0.25, 0.3) is 11.5 Å². The number of nitrogens with zero attached hydrogens (tertiary/aromatic N) is 4. The van der Waals surface area contributed by atoms with E-state index in [1.807, 2.05) is 19.2 Å². The highest BCUT2D eigenvalue weighted by molar-refractivity contribution is 6.06. The number of pyridine rings is 1. The summed E-state index contributed by atoms with van der Waals surface area (Å²) >= 11 is 0. The molecular formula is C27H39N7O4. The first-order valence-electron chi connectivity index (χ1n) is 13.1. The molecule has 2 atom stereocenters. The monoisotopic (exact) mass is 525 g/mol. The van der Waals surface area contributed by atoms with Gasteiger partial charge in [-0.25, -0.2) is 4.99 Å². The maximum Gasteiger partial charge on any atom is 0.274 e. The van der Waals surface area contributed by atoms with Gasteiger partial charge in [0.05, 0.1) is 23.3 Å². The van der Waals surface area contributed by atoms with Crippen LogP contribution in [0.3, 0.4) is 0 Å². The van der Waals surface area contributed by atoms with Crippen LogP contribution in [0.1, 0.15) is 58.4 Å². The van der Waals surface area contributed by atoms with Gasteiger partial charge in [-0.15, -0.1) is 0 Å². The Morgan fingerprint density at radius 3 is 2.55 bits per heavy atom. The van der Waals surface area contributed by atoms with Crippen molar-refractivity contribution in [1.29, 1.82) is 0 Å². The molecule has 0 unspecified atom stereocenters. The number of aromatic nitrogens is 1. The molecule has 0 spiro atoms. The molecule has 3 N–H and O–H groups in total. The van der Waals surface area contributed by atoms with Gasteiger partial charge < -0.3 is 30.0 Å². The number of methoxy groups -OCH3 is 2. The van der Waals surface area contributed by atoms with Crippen LogP contribution in [0.4, 0.5) is 5.69 Å². The molecule has 2 saturated carbocycles. The van der Waals surface area contributed by atoms with Crippen molar-refractivity contribution in [3.63, 3.8) is 0 Å². The third kappa shape index (κ3) is 5.39. The summed E-state index contributed by atoms with van der Waals surface area (Å²) < 4.78 is 12.9. The molecule has 2 heterocycles. The number of amides is 1. The van der Waals surface area contributed by atoms with Crippen molar-refractivity contribution in [2.24, 2.45) is 10.1 Å². The van der Waals surface area contributed by atoms with Crippen LogP contribution in [0.5, 0.6) is 0 Å². The Morgan fingerprint density at radius 2 is 1.97 bits per heavy atom. The molecular weight excluding hydrogens is 486 g/mol. The van der Waals surface area contributed by atoms with Gasteiger partial charge in [0.2, 0.25) is 0 Å². The number of aliphatic imine (C=N–C) groups is 1. The van der Waals surface area contributed by atoms with E-state index in [0.29, 0.717) is 28.7 Å². The number of hydrogen-bond acceptors (Lipinski definition) is 9. The average molecular weight is 526 g/mol. The van der Waals surface area contributed by atoms with Crippen LogP contribution in [0, 0.1) is 0 Å². The van der Waals surface area contributed by atoms with E-state index in [1.165, 1.54) is 5.01 Å².